The van der Waals surface area contributed by atoms with Gasteiger partial charge in [0.1, 0.15) is 5.75 Å². The number of aromatic hydroxyl groups is 1. The van der Waals surface area contributed by atoms with Crippen LogP contribution in [0.4, 0.5) is 0 Å². The van der Waals surface area contributed by atoms with Crippen molar-refractivity contribution in [1.29, 1.82) is 0 Å². The lowest BCUT2D eigenvalue weighted by molar-refractivity contribution is 0.475. The fraction of sp³-hybridized carbons (Fsp3) is 0.100. The number of hydrogen-bond acceptors (Lipinski definition) is 2. The highest BCUT2D eigenvalue weighted by atomic mass is 16.3. The average molecular weight is 173 g/mol. The van der Waals surface area contributed by atoms with E-state index in [4.69, 9.17) is 0 Å². The van der Waals surface area contributed by atoms with Gasteiger partial charge in [0.05, 0.1) is 11.9 Å². The third-order valence-corrected chi connectivity index (χ3v) is 1.88. The number of aromatic nitrogens is 2. The quantitative estimate of drug-likeness (QED) is 0.711. The van der Waals surface area contributed by atoms with E-state index in [1.54, 1.807) is 29.1 Å². The summed E-state index contributed by atoms with van der Waals surface area (Å²) in [5.41, 5.74) is 1.79. The molecule has 1 aromatic heterocycles. The molecule has 0 saturated carbocycles. The first-order valence-electron chi connectivity index (χ1n) is 3.96. The second-order valence-electron chi connectivity index (χ2n) is 2.81. The summed E-state index contributed by atoms with van der Waals surface area (Å²) in [6.45, 7) is 0. The molecule has 0 spiro atoms. The highest BCUT2D eigenvalue weighted by Crippen LogP contribution is 2.21. The van der Waals surface area contributed by atoms with Crippen LogP contribution in [0.15, 0.2) is 30.5 Å². The first-order chi connectivity index (χ1) is 6.27. The molecule has 1 heterocycles. The van der Waals surface area contributed by atoms with Crippen LogP contribution in [0.25, 0.3) is 11.3 Å². The Morgan fingerprint density at radius 2 is 2.31 bits per heavy atom. The van der Waals surface area contributed by atoms with Crippen molar-refractivity contribution in [3.05, 3.63) is 36.5 Å². The minimum Gasteiger partial charge on any atom is -0.508 e. The van der Waals surface area contributed by atoms with Crippen LogP contribution in [0.1, 0.15) is 0 Å². The van der Waals surface area contributed by atoms with Gasteiger partial charge in [-0.05, 0) is 12.1 Å². The molecule has 0 bridgehead atoms. The molecular formula is C10H9N2O. The fourth-order valence-electron chi connectivity index (χ4n) is 1.25. The molecule has 2 rings (SSSR count). The summed E-state index contributed by atoms with van der Waals surface area (Å²) in [5.74, 6) is 0.257. The average Bonchev–Trinajstić information content (AvgIpc) is 2.51. The zero-order valence-electron chi connectivity index (χ0n) is 7.23. The Labute approximate surface area is 76.3 Å². The van der Waals surface area contributed by atoms with E-state index in [1.807, 2.05) is 13.1 Å². The summed E-state index contributed by atoms with van der Waals surface area (Å²) in [5, 5.41) is 13.3. The lowest BCUT2D eigenvalue weighted by Crippen LogP contribution is -1.92. The number of phenolic OH excluding ortho intramolecular Hbond substituents is 1. The molecule has 1 aromatic carbocycles. The van der Waals surface area contributed by atoms with Gasteiger partial charge in [-0.25, -0.2) is 0 Å². The van der Waals surface area contributed by atoms with Gasteiger partial charge < -0.3 is 5.11 Å². The minimum absolute atomic E-state index is 0.257. The van der Waals surface area contributed by atoms with Crippen LogP contribution >= 0.6 is 0 Å². The van der Waals surface area contributed by atoms with Crippen LogP contribution in [0.2, 0.25) is 0 Å². The van der Waals surface area contributed by atoms with Crippen molar-refractivity contribution in [2.75, 3.05) is 0 Å². The molecular weight excluding hydrogens is 164 g/mol. The lowest BCUT2D eigenvalue weighted by Gasteiger charge is -2.01. The van der Waals surface area contributed by atoms with Gasteiger partial charge in [-0.15, -0.1) is 0 Å². The van der Waals surface area contributed by atoms with Crippen LogP contribution in [-0.4, -0.2) is 14.9 Å². The maximum atomic E-state index is 9.26. The normalized spacial score (nSPS) is 10.2. The Morgan fingerprint density at radius 3 is 2.92 bits per heavy atom. The standard InChI is InChI=1S/C10H9N2O/c1-12-10(5-6-11-12)8-3-2-4-9(13)7-8/h2-4,6-7,13H,1H3. The topological polar surface area (TPSA) is 38.0 Å². The monoisotopic (exact) mass is 173 g/mol. The summed E-state index contributed by atoms with van der Waals surface area (Å²) in [6.07, 6.45) is 1.61. The van der Waals surface area contributed by atoms with Crippen molar-refractivity contribution in [2.24, 2.45) is 7.05 Å². The Hall–Kier alpha value is -1.77. The third-order valence-electron chi connectivity index (χ3n) is 1.88. The lowest BCUT2D eigenvalue weighted by atomic mass is 10.1. The molecule has 0 aliphatic carbocycles. The van der Waals surface area contributed by atoms with E-state index in [0.717, 1.165) is 11.3 Å². The Kier molecular flexibility index (Phi) is 1.77. The van der Waals surface area contributed by atoms with Crippen molar-refractivity contribution < 1.29 is 5.11 Å². The van der Waals surface area contributed by atoms with Crippen LogP contribution < -0.4 is 0 Å². The van der Waals surface area contributed by atoms with Gasteiger partial charge in [-0.3, -0.25) is 4.68 Å². The minimum atomic E-state index is 0.257. The van der Waals surface area contributed by atoms with Crippen molar-refractivity contribution in [3.63, 3.8) is 0 Å². The molecule has 0 amide bonds. The molecule has 1 radical (unpaired) electrons. The first-order valence-corrected chi connectivity index (χ1v) is 3.96. The van der Waals surface area contributed by atoms with E-state index < -0.39 is 0 Å². The highest BCUT2D eigenvalue weighted by molar-refractivity contribution is 5.60. The number of phenols is 1. The summed E-state index contributed by atoms with van der Waals surface area (Å²) < 4.78 is 1.72. The van der Waals surface area contributed by atoms with Crippen molar-refractivity contribution >= 4 is 0 Å². The van der Waals surface area contributed by atoms with Gasteiger partial charge in [0, 0.05) is 18.7 Å². The molecule has 65 valence electrons. The Morgan fingerprint density at radius 1 is 1.46 bits per heavy atom. The van der Waals surface area contributed by atoms with E-state index in [-0.39, 0.29) is 5.75 Å². The second kappa shape index (κ2) is 2.94. The van der Waals surface area contributed by atoms with Crippen LogP contribution in [0.5, 0.6) is 5.75 Å². The second-order valence-corrected chi connectivity index (χ2v) is 2.81. The SMILES string of the molecule is Cn1nc[c]c1-c1cccc(O)c1. The third kappa shape index (κ3) is 1.40. The van der Waals surface area contributed by atoms with Crippen molar-refractivity contribution in [1.82, 2.24) is 9.78 Å². The zero-order chi connectivity index (χ0) is 9.26. The largest absolute Gasteiger partial charge is 0.508 e. The van der Waals surface area contributed by atoms with Gasteiger partial charge in [0.25, 0.3) is 0 Å². The van der Waals surface area contributed by atoms with E-state index in [9.17, 15) is 5.11 Å². The molecule has 0 aliphatic rings. The summed E-state index contributed by atoms with van der Waals surface area (Å²) in [7, 11) is 1.84. The maximum absolute atomic E-state index is 9.26. The van der Waals surface area contributed by atoms with E-state index >= 15 is 0 Å². The van der Waals surface area contributed by atoms with E-state index in [2.05, 4.69) is 11.2 Å². The van der Waals surface area contributed by atoms with Crippen molar-refractivity contribution in [3.8, 4) is 17.0 Å². The van der Waals surface area contributed by atoms with Gasteiger partial charge >= 0.3 is 0 Å². The zero-order valence-corrected chi connectivity index (χ0v) is 7.23. The van der Waals surface area contributed by atoms with Gasteiger partial charge in [0.2, 0.25) is 0 Å². The summed E-state index contributed by atoms with van der Waals surface area (Å²) >= 11 is 0. The molecule has 0 fully saturated rings. The molecule has 2 aromatic rings. The predicted octanol–water partition coefficient (Wildman–Crippen LogP) is 1.59. The Balaban J connectivity index is 2.53. The predicted molar refractivity (Wildman–Crippen MR) is 49.1 cm³/mol. The molecule has 3 heteroatoms. The summed E-state index contributed by atoms with van der Waals surface area (Å²) in [6, 6.07) is 10.0. The number of nitrogens with zero attached hydrogens (tertiary/aromatic N) is 2. The molecule has 3 nitrogen and oxygen atoms in total. The van der Waals surface area contributed by atoms with Crippen molar-refractivity contribution in [2.45, 2.75) is 0 Å². The highest BCUT2D eigenvalue weighted by Gasteiger charge is 2.02. The van der Waals surface area contributed by atoms with Crippen LogP contribution in [0, 0.1) is 6.07 Å². The van der Waals surface area contributed by atoms with Gasteiger partial charge in [-0.2, -0.15) is 5.10 Å². The number of aryl methyl sites for hydroxylation is 1. The van der Waals surface area contributed by atoms with E-state index in [1.165, 1.54) is 0 Å². The smallest absolute Gasteiger partial charge is 0.116 e. The Bertz CT molecular complexity index is 420. The number of rotatable bonds is 1. The first kappa shape index (κ1) is 7.86. The summed E-state index contributed by atoms with van der Waals surface area (Å²) in [4.78, 5) is 0. The molecule has 0 aliphatic heterocycles. The molecule has 0 unspecified atom stereocenters. The van der Waals surface area contributed by atoms with Crippen LogP contribution in [0.3, 0.4) is 0 Å². The fourth-order valence-corrected chi connectivity index (χ4v) is 1.25. The van der Waals surface area contributed by atoms with E-state index in [0.29, 0.717) is 0 Å². The van der Waals surface area contributed by atoms with Gasteiger partial charge in [-0.1, -0.05) is 12.1 Å². The van der Waals surface area contributed by atoms with Crippen LogP contribution in [-0.2, 0) is 7.05 Å². The number of benzene rings is 1. The molecule has 13 heavy (non-hydrogen) atoms. The molecule has 0 saturated heterocycles. The van der Waals surface area contributed by atoms with Gasteiger partial charge in [0.15, 0.2) is 0 Å². The number of hydrogen-bond donors (Lipinski definition) is 1. The molecule has 1 N–H and O–H groups in total. The molecule has 0 atom stereocenters. The maximum Gasteiger partial charge on any atom is 0.116 e.